The van der Waals surface area contributed by atoms with Crippen molar-refractivity contribution >= 4 is 33.2 Å². The van der Waals surface area contributed by atoms with E-state index in [0.29, 0.717) is 31.4 Å². The van der Waals surface area contributed by atoms with E-state index in [4.69, 9.17) is 9.47 Å². The van der Waals surface area contributed by atoms with Gasteiger partial charge in [-0.15, -0.1) is 11.3 Å². The minimum atomic E-state index is -0.0667. The van der Waals surface area contributed by atoms with Crippen molar-refractivity contribution in [3.8, 4) is 0 Å². The quantitative estimate of drug-likeness (QED) is 0.695. The van der Waals surface area contributed by atoms with Crippen LogP contribution >= 0.6 is 27.3 Å². The van der Waals surface area contributed by atoms with E-state index in [-0.39, 0.29) is 12.0 Å². The van der Waals surface area contributed by atoms with Crippen LogP contribution in [-0.2, 0) is 9.47 Å². The zero-order valence-electron chi connectivity index (χ0n) is 12.5. The molecule has 1 N–H and O–H groups in total. The van der Waals surface area contributed by atoms with Crippen LogP contribution in [0.1, 0.15) is 53.4 Å². The number of carbonyl (C=O) groups excluding carboxylic acids is 1. The van der Waals surface area contributed by atoms with Crippen LogP contribution in [0.4, 0.5) is 0 Å². The minimum absolute atomic E-state index is 0.0667. The molecule has 2 aliphatic rings. The zero-order valence-corrected chi connectivity index (χ0v) is 14.9. The Hall–Kier alpha value is -0.500. The van der Waals surface area contributed by atoms with Crippen molar-refractivity contribution in [2.45, 2.75) is 44.1 Å². The first-order valence-corrected chi connectivity index (χ1v) is 9.49. The van der Waals surface area contributed by atoms with Crippen molar-refractivity contribution in [3.05, 3.63) is 14.5 Å². The fraction of sp³-hybridized carbons (Fsp3) is 0.733. The molecule has 1 aliphatic carbocycles. The van der Waals surface area contributed by atoms with Gasteiger partial charge in [0.2, 0.25) is 0 Å². The van der Waals surface area contributed by atoms with Gasteiger partial charge in [-0.3, -0.25) is 4.79 Å². The molecule has 1 aliphatic heterocycles. The van der Waals surface area contributed by atoms with Crippen molar-refractivity contribution in [1.29, 1.82) is 0 Å². The van der Waals surface area contributed by atoms with Crippen LogP contribution in [0, 0.1) is 0 Å². The molecule has 0 aromatic carbocycles. The summed E-state index contributed by atoms with van der Waals surface area (Å²) in [5.74, 6) is 0.474. The summed E-state index contributed by atoms with van der Waals surface area (Å²) in [5.41, 5.74) is 0.597. The Morgan fingerprint density at radius 3 is 3.05 bits per heavy atom. The molecule has 1 aromatic rings. The lowest BCUT2D eigenvalue weighted by Crippen LogP contribution is -2.26. The first kappa shape index (κ1) is 16.4. The summed E-state index contributed by atoms with van der Waals surface area (Å²) in [6.07, 6.45) is 5.65. The first-order chi connectivity index (χ1) is 10.7. The summed E-state index contributed by atoms with van der Waals surface area (Å²) in [6, 6.07) is 0. The number of nitrogens with zero attached hydrogens (tertiary/aromatic N) is 1. The number of carbonyl (C=O) groups is 1. The average Bonchev–Trinajstić information content (AvgIpc) is 3.07. The van der Waals surface area contributed by atoms with Crippen LogP contribution in [0.15, 0.2) is 3.92 Å². The molecule has 7 heteroatoms. The Labute approximate surface area is 142 Å². The monoisotopic (exact) mass is 388 g/mol. The van der Waals surface area contributed by atoms with Crippen molar-refractivity contribution in [3.63, 3.8) is 0 Å². The highest BCUT2D eigenvalue weighted by atomic mass is 79.9. The Kier molecular flexibility index (Phi) is 5.84. The van der Waals surface area contributed by atoms with E-state index < -0.39 is 0 Å². The zero-order chi connectivity index (χ0) is 15.4. The molecule has 2 fully saturated rings. The van der Waals surface area contributed by atoms with Gasteiger partial charge in [0.15, 0.2) is 3.92 Å². The van der Waals surface area contributed by atoms with E-state index in [1.165, 1.54) is 12.8 Å². The largest absolute Gasteiger partial charge is 0.379 e. The Balaban J connectivity index is 1.34. The third kappa shape index (κ3) is 4.50. The molecule has 1 aromatic heterocycles. The van der Waals surface area contributed by atoms with Crippen LogP contribution in [0.25, 0.3) is 0 Å². The normalized spacial score (nSPS) is 21.2. The summed E-state index contributed by atoms with van der Waals surface area (Å²) < 4.78 is 11.9. The highest BCUT2D eigenvalue weighted by Crippen LogP contribution is 2.45. The van der Waals surface area contributed by atoms with E-state index >= 15 is 0 Å². The molecule has 3 rings (SSSR count). The number of halogens is 1. The first-order valence-electron chi connectivity index (χ1n) is 7.88. The molecule has 0 radical (unpaired) electrons. The van der Waals surface area contributed by atoms with Crippen molar-refractivity contribution in [2.75, 3.05) is 26.4 Å². The fourth-order valence-corrected chi connectivity index (χ4v) is 4.20. The third-order valence-electron chi connectivity index (χ3n) is 3.87. The van der Waals surface area contributed by atoms with Gasteiger partial charge in [-0.25, -0.2) is 4.98 Å². The summed E-state index contributed by atoms with van der Waals surface area (Å²) in [6.45, 7) is 2.79. The lowest BCUT2D eigenvalue weighted by molar-refractivity contribution is 0.0166. The molecular weight excluding hydrogens is 368 g/mol. The van der Waals surface area contributed by atoms with Gasteiger partial charge in [0.05, 0.1) is 12.7 Å². The number of ether oxygens (including phenoxy) is 2. The van der Waals surface area contributed by atoms with Gasteiger partial charge in [0.25, 0.3) is 5.91 Å². The third-order valence-corrected chi connectivity index (χ3v) is 5.54. The lowest BCUT2D eigenvalue weighted by Gasteiger charge is -2.10. The fourth-order valence-electron chi connectivity index (χ4n) is 2.54. The highest BCUT2D eigenvalue weighted by Gasteiger charge is 2.31. The second kappa shape index (κ2) is 7.86. The maximum absolute atomic E-state index is 12.2. The van der Waals surface area contributed by atoms with Crippen LogP contribution in [0.5, 0.6) is 0 Å². The average molecular weight is 389 g/mol. The minimum Gasteiger partial charge on any atom is -0.379 e. The smallest absolute Gasteiger partial charge is 0.271 e. The van der Waals surface area contributed by atoms with Gasteiger partial charge in [-0.05, 0) is 54.0 Å². The summed E-state index contributed by atoms with van der Waals surface area (Å²) >= 11 is 4.96. The number of amides is 1. The predicted octanol–water partition coefficient (Wildman–Crippen LogP) is 3.10. The molecule has 122 valence electrons. The van der Waals surface area contributed by atoms with Gasteiger partial charge in [-0.1, -0.05) is 0 Å². The second-order valence-electron chi connectivity index (χ2n) is 5.77. The molecule has 1 atom stereocenters. The van der Waals surface area contributed by atoms with E-state index in [0.717, 1.165) is 34.7 Å². The molecule has 0 spiro atoms. The topological polar surface area (TPSA) is 60.5 Å². The molecule has 1 amide bonds. The van der Waals surface area contributed by atoms with Crippen LogP contribution < -0.4 is 5.32 Å². The Morgan fingerprint density at radius 2 is 2.32 bits per heavy atom. The molecule has 2 heterocycles. The van der Waals surface area contributed by atoms with Crippen LogP contribution in [0.2, 0.25) is 0 Å². The van der Waals surface area contributed by atoms with E-state index in [1.54, 1.807) is 11.3 Å². The molecule has 1 saturated carbocycles. The number of hydrogen-bond donors (Lipinski definition) is 1. The van der Waals surface area contributed by atoms with Crippen LogP contribution in [-0.4, -0.2) is 43.4 Å². The highest BCUT2D eigenvalue weighted by molar-refractivity contribution is 9.11. The molecule has 0 bridgehead atoms. The molecule has 1 unspecified atom stereocenters. The summed E-state index contributed by atoms with van der Waals surface area (Å²) in [5, 5.41) is 2.94. The Bertz CT molecular complexity index is 513. The maximum atomic E-state index is 12.2. The number of hydrogen-bond acceptors (Lipinski definition) is 5. The van der Waals surface area contributed by atoms with Gasteiger partial charge >= 0.3 is 0 Å². The second-order valence-corrected chi connectivity index (χ2v) is 8.08. The van der Waals surface area contributed by atoms with Crippen molar-refractivity contribution < 1.29 is 14.3 Å². The standard InChI is InChI=1S/C15H21BrN2O3S/c16-15-18-12(13(22-15)10-4-5-10)14(19)17-6-2-7-20-9-11-3-1-8-21-11/h10-11H,1-9H2,(H,17,19). The number of nitrogens with one attached hydrogen (secondary N) is 1. The van der Waals surface area contributed by atoms with Crippen molar-refractivity contribution in [1.82, 2.24) is 10.3 Å². The van der Waals surface area contributed by atoms with Gasteiger partial charge in [0, 0.05) is 24.6 Å². The van der Waals surface area contributed by atoms with Gasteiger partial charge in [0.1, 0.15) is 5.69 Å². The number of rotatable bonds is 8. The number of thiazole rings is 1. The summed E-state index contributed by atoms with van der Waals surface area (Å²) in [7, 11) is 0. The Morgan fingerprint density at radius 1 is 1.45 bits per heavy atom. The molecular formula is C15H21BrN2O3S. The van der Waals surface area contributed by atoms with Crippen molar-refractivity contribution in [2.24, 2.45) is 0 Å². The van der Waals surface area contributed by atoms with Gasteiger partial charge < -0.3 is 14.8 Å². The SMILES string of the molecule is O=C(NCCCOCC1CCCO1)c1nc(Br)sc1C1CC1. The molecule has 22 heavy (non-hydrogen) atoms. The lowest BCUT2D eigenvalue weighted by atomic mass is 10.2. The summed E-state index contributed by atoms with van der Waals surface area (Å²) in [4.78, 5) is 17.6. The van der Waals surface area contributed by atoms with Gasteiger partial charge in [-0.2, -0.15) is 0 Å². The number of aromatic nitrogens is 1. The maximum Gasteiger partial charge on any atom is 0.271 e. The molecule has 5 nitrogen and oxygen atoms in total. The molecule has 1 saturated heterocycles. The van der Waals surface area contributed by atoms with E-state index in [1.807, 2.05) is 0 Å². The van der Waals surface area contributed by atoms with E-state index in [9.17, 15) is 4.79 Å². The predicted molar refractivity (Wildman–Crippen MR) is 88.5 cm³/mol. The van der Waals surface area contributed by atoms with Crippen LogP contribution in [0.3, 0.4) is 0 Å². The van der Waals surface area contributed by atoms with E-state index in [2.05, 4.69) is 26.2 Å².